The van der Waals surface area contributed by atoms with Crippen LogP contribution in [0.3, 0.4) is 0 Å². The molecule has 1 N–H and O–H groups in total. The summed E-state index contributed by atoms with van der Waals surface area (Å²) in [6.07, 6.45) is 3.15. The van der Waals surface area contributed by atoms with Gasteiger partial charge >= 0.3 is 0 Å². The zero-order valence-electron chi connectivity index (χ0n) is 21.6. The number of aromatic nitrogens is 4. The van der Waals surface area contributed by atoms with Crippen LogP contribution in [0.1, 0.15) is 35.5 Å². The summed E-state index contributed by atoms with van der Waals surface area (Å²) in [5, 5.41) is 9.99. The summed E-state index contributed by atoms with van der Waals surface area (Å²) < 4.78 is 19.8. The van der Waals surface area contributed by atoms with Gasteiger partial charge in [0.25, 0.3) is 0 Å². The monoisotopic (exact) mass is 510 g/mol. The van der Waals surface area contributed by atoms with Crippen molar-refractivity contribution in [3.05, 3.63) is 114 Å². The molecule has 3 aromatic carbocycles. The highest BCUT2D eigenvalue weighted by atomic mass is 16.5. The topological polar surface area (TPSA) is 91.5 Å². The molecule has 8 nitrogen and oxygen atoms in total. The van der Waals surface area contributed by atoms with Crippen molar-refractivity contribution >= 4 is 11.2 Å². The first-order valence-corrected chi connectivity index (χ1v) is 12.4. The van der Waals surface area contributed by atoms with Crippen LogP contribution >= 0.6 is 0 Å². The Morgan fingerprint density at radius 2 is 1.42 bits per heavy atom. The van der Waals surface area contributed by atoms with Crippen LogP contribution in [0.5, 0.6) is 11.5 Å². The van der Waals surface area contributed by atoms with Gasteiger partial charge < -0.3 is 23.9 Å². The van der Waals surface area contributed by atoms with Gasteiger partial charge in [-0.05, 0) is 47.9 Å². The highest BCUT2D eigenvalue weighted by Gasteiger charge is 2.38. The van der Waals surface area contributed by atoms with Gasteiger partial charge in [-0.3, -0.25) is 0 Å². The fraction of sp³-hybridized carbons (Fsp3) is 0.233. The number of hydrogen-bond donors (Lipinski definition) is 1. The Hall–Kier alpha value is -4.27. The van der Waals surface area contributed by atoms with Crippen LogP contribution in [0.2, 0.25) is 0 Å². The number of aliphatic hydroxyl groups is 1. The fourth-order valence-electron chi connectivity index (χ4n) is 4.79. The molecule has 0 fully saturated rings. The smallest absolute Gasteiger partial charge is 0.163 e. The lowest BCUT2D eigenvalue weighted by atomic mass is 9.80. The summed E-state index contributed by atoms with van der Waals surface area (Å²) in [7, 11) is 3.30. The van der Waals surface area contributed by atoms with E-state index in [2.05, 4.69) is 22.1 Å². The molecule has 194 valence electrons. The van der Waals surface area contributed by atoms with Crippen molar-refractivity contribution in [2.45, 2.75) is 25.2 Å². The molecule has 0 aliphatic carbocycles. The molecule has 0 aliphatic heterocycles. The van der Waals surface area contributed by atoms with Gasteiger partial charge in [-0.1, -0.05) is 54.6 Å². The maximum Gasteiger partial charge on any atom is 0.163 e. The molecule has 1 unspecified atom stereocenters. The van der Waals surface area contributed by atoms with Gasteiger partial charge in [-0.15, -0.1) is 0 Å². The van der Waals surface area contributed by atoms with E-state index in [4.69, 9.17) is 19.2 Å². The summed E-state index contributed by atoms with van der Waals surface area (Å²) in [6, 6.07) is 25.6. The number of fused-ring (bicyclic) bond motifs is 1. The molecule has 8 heteroatoms. The standard InChI is InChI=1S/C30H30N4O4/c1-21(18-35)34-28(33-27-17-31-20-32-29(27)34)19-38-30(22-7-5-4-6-8-22,23-9-13-25(36-2)14-10-23)24-11-15-26(37-3)16-12-24/h4-17,20-21,35H,18-19H2,1-3H3. The quantitative estimate of drug-likeness (QED) is 0.267. The first-order chi connectivity index (χ1) is 18.6. The van der Waals surface area contributed by atoms with E-state index in [0.717, 1.165) is 28.2 Å². The maximum atomic E-state index is 9.99. The predicted molar refractivity (Wildman–Crippen MR) is 144 cm³/mol. The Morgan fingerprint density at radius 1 is 0.842 bits per heavy atom. The average Bonchev–Trinajstić information content (AvgIpc) is 3.36. The molecule has 0 radical (unpaired) electrons. The molecular formula is C30H30N4O4. The van der Waals surface area contributed by atoms with E-state index < -0.39 is 5.60 Å². The minimum Gasteiger partial charge on any atom is -0.497 e. The summed E-state index contributed by atoms with van der Waals surface area (Å²) >= 11 is 0. The van der Waals surface area contributed by atoms with Crippen molar-refractivity contribution in [2.75, 3.05) is 20.8 Å². The zero-order valence-corrected chi connectivity index (χ0v) is 21.6. The zero-order chi connectivity index (χ0) is 26.5. The van der Waals surface area contributed by atoms with E-state index in [9.17, 15) is 5.11 Å². The third kappa shape index (κ3) is 4.60. The van der Waals surface area contributed by atoms with Crippen molar-refractivity contribution in [2.24, 2.45) is 0 Å². The predicted octanol–water partition coefficient (Wildman–Crippen LogP) is 4.91. The molecule has 38 heavy (non-hydrogen) atoms. The number of benzene rings is 3. The van der Waals surface area contributed by atoms with Gasteiger partial charge in [0.15, 0.2) is 5.65 Å². The van der Waals surface area contributed by atoms with E-state index in [1.807, 2.05) is 78.2 Å². The summed E-state index contributed by atoms with van der Waals surface area (Å²) in [5.41, 5.74) is 3.11. The van der Waals surface area contributed by atoms with E-state index >= 15 is 0 Å². The Bertz CT molecular complexity index is 1440. The van der Waals surface area contributed by atoms with E-state index in [-0.39, 0.29) is 19.3 Å². The minimum absolute atomic E-state index is 0.0662. The van der Waals surface area contributed by atoms with Crippen LogP contribution in [-0.2, 0) is 16.9 Å². The van der Waals surface area contributed by atoms with Gasteiger partial charge in [-0.2, -0.15) is 0 Å². The van der Waals surface area contributed by atoms with Gasteiger partial charge in [0.1, 0.15) is 41.4 Å². The van der Waals surface area contributed by atoms with Crippen molar-refractivity contribution in [1.82, 2.24) is 19.5 Å². The largest absolute Gasteiger partial charge is 0.497 e. The second-order valence-corrected chi connectivity index (χ2v) is 8.95. The number of imidazole rings is 1. The fourth-order valence-corrected chi connectivity index (χ4v) is 4.79. The van der Waals surface area contributed by atoms with Crippen LogP contribution < -0.4 is 9.47 Å². The molecular weight excluding hydrogens is 480 g/mol. The molecule has 2 aromatic heterocycles. The molecule has 0 amide bonds. The number of nitrogens with zero attached hydrogens (tertiary/aromatic N) is 4. The molecule has 1 atom stereocenters. The number of aliphatic hydroxyl groups excluding tert-OH is 1. The second kappa shape index (κ2) is 11.0. The average molecular weight is 511 g/mol. The number of ether oxygens (including phenoxy) is 3. The van der Waals surface area contributed by atoms with E-state index in [1.54, 1.807) is 20.4 Å². The first kappa shape index (κ1) is 25.4. The lowest BCUT2D eigenvalue weighted by Gasteiger charge is -2.36. The molecule has 0 bridgehead atoms. The van der Waals surface area contributed by atoms with Crippen LogP contribution in [0.15, 0.2) is 91.4 Å². The van der Waals surface area contributed by atoms with Crippen LogP contribution in [-0.4, -0.2) is 45.5 Å². The van der Waals surface area contributed by atoms with Crippen molar-refractivity contribution in [1.29, 1.82) is 0 Å². The van der Waals surface area contributed by atoms with Crippen LogP contribution in [0.4, 0.5) is 0 Å². The Kier molecular flexibility index (Phi) is 7.35. The summed E-state index contributed by atoms with van der Waals surface area (Å²) in [4.78, 5) is 13.3. The molecule has 5 rings (SSSR count). The molecule has 0 spiro atoms. The highest BCUT2D eigenvalue weighted by molar-refractivity contribution is 5.70. The van der Waals surface area contributed by atoms with Crippen molar-refractivity contribution < 1.29 is 19.3 Å². The molecule has 0 saturated carbocycles. The van der Waals surface area contributed by atoms with Crippen molar-refractivity contribution in [3.63, 3.8) is 0 Å². The van der Waals surface area contributed by atoms with E-state index in [0.29, 0.717) is 17.0 Å². The number of rotatable bonds is 10. The minimum atomic E-state index is -0.989. The summed E-state index contributed by atoms with van der Waals surface area (Å²) in [6.45, 7) is 2.00. The lowest BCUT2D eigenvalue weighted by molar-refractivity contribution is -0.00512. The lowest BCUT2D eigenvalue weighted by Crippen LogP contribution is -2.33. The summed E-state index contributed by atoms with van der Waals surface area (Å²) in [5.74, 6) is 2.15. The van der Waals surface area contributed by atoms with Gasteiger partial charge in [-0.25, -0.2) is 15.0 Å². The number of hydrogen-bond acceptors (Lipinski definition) is 7. The maximum absolute atomic E-state index is 9.99. The van der Waals surface area contributed by atoms with Gasteiger partial charge in [0.05, 0.1) is 33.1 Å². The molecule has 5 aromatic rings. The molecule has 0 aliphatic rings. The normalized spacial score (nSPS) is 12.4. The SMILES string of the molecule is COc1ccc(C(OCc2nc3cncnc3n2C(C)CO)(c2ccccc2)c2ccc(OC)cc2)cc1. The number of methoxy groups -OCH3 is 2. The molecule has 0 saturated heterocycles. The Labute approximate surface area is 221 Å². The highest BCUT2D eigenvalue weighted by Crippen LogP contribution is 2.42. The third-order valence-corrected chi connectivity index (χ3v) is 6.72. The van der Waals surface area contributed by atoms with Crippen LogP contribution in [0, 0.1) is 0 Å². The van der Waals surface area contributed by atoms with Crippen molar-refractivity contribution in [3.8, 4) is 11.5 Å². The second-order valence-electron chi connectivity index (χ2n) is 8.95. The van der Waals surface area contributed by atoms with Gasteiger partial charge in [0.2, 0.25) is 0 Å². The van der Waals surface area contributed by atoms with Gasteiger partial charge in [0, 0.05) is 0 Å². The Morgan fingerprint density at radius 3 is 1.97 bits per heavy atom. The third-order valence-electron chi connectivity index (χ3n) is 6.72. The Balaban J connectivity index is 1.69. The van der Waals surface area contributed by atoms with Crippen LogP contribution in [0.25, 0.3) is 11.2 Å². The first-order valence-electron chi connectivity index (χ1n) is 12.4. The molecule has 2 heterocycles. The van der Waals surface area contributed by atoms with E-state index in [1.165, 1.54) is 6.33 Å².